The smallest absolute Gasteiger partial charge is 0.0426 e. The van der Waals surface area contributed by atoms with Gasteiger partial charge in [0.2, 0.25) is 0 Å². The third kappa shape index (κ3) is 3.24. The Morgan fingerprint density at radius 3 is 2.58 bits per heavy atom. The van der Waals surface area contributed by atoms with Crippen molar-refractivity contribution < 1.29 is 0 Å². The molecule has 1 atom stereocenters. The Bertz CT molecular complexity index is 415. The van der Waals surface area contributed by atoms with Crippen LogP contribution >= 0.6 is 11.6 Å². The lowest BCUT2D eigenvalue weighted by molar-refractivity contribution is 0.225. The molecule has 104 valence electrons. The third-order valence-electron chi connectivity index (χ3n) is 4.53. The minimum absolute atomic E-state index is 0.812. The molecule has 2 heterocycles. The monoisotopic (exact) mass is 278 g/mol. The van der Waals surface area contributed by atoms with E-state index in [1.807, 2.05) is 6.07 Å². The number of benzene rings is 1. The second-order valence-corrected chi connectivity index (χ2v) is 6.23. The molecule has 2 nitrogen and oxygen atoms in total. The Kier molecular flexibility index (Phi) is 4.29. The molecule has 0 spiro atoms. The lowest BCUT2D eigenvalue weighted by atomic mass is 10.1. The number of likely N-dealkylation sites (tertiary alicyclic amines) is 1. The van der Waals surface area contributed by atoms with E-state index in [1.165, 1.54) is 64.0 Å². The zero-order valence-electron chi connectivity index (χ0n) is 11.5. The Morgan fingerprint density at radius 2 is 1.79 bits per heavy atom. The Morgan fingerprint density at radius 1 is 0.947 bits per heavy atom. The van der Waals surface area contributed by atoms with E-state index >= 15 is 0 Å². The maximum Gasteiger partial charge on any atom is 0.0426 e. The second kappa shape index (κ2) is 6.15. The maximum atomic E-state index is 6.10. The molecule has 2 aliphatic heterocycles. The van der Waals surface area contributed by atoms with Crippen LogP contribution in [0.5, 0.6) is 0 Å². The molecule has 2 fully saturated rings. The van der Waals surface area contributed by atoms with Crippen LogP contribution in [0.1, 0.15) is 32.1 Å². The highest BCUT2D eigenvalue weighted by Gasteiger charge is 2.24. The van der Waals surface area contributed by atoms with Crippen molar-refractivity contribution in [2.75, 3.05) is 31.1 Å². The van der Waals surface area contributed by atoms with Crippen LogP contribution in [0, 0.1) is 0 Å². The molecule has 2 saturated heterocycles. The number of anilines is 1. The standard InChI is InChI=1S/C16H23ClN2/c17-14-5-3-6-16(13-14)19-11-4-7-15(8-12-19)18-9-1-2-10-18/h3,5-6,13,15H,1-2,4,7-12H2. The van der Waals surface area contributed by atoms with Gasteiger partial charge in [-0.15, -0.1) is 0 Å². The summed E-state index contributed by atoms with van der Waals surface area (Å²) in [6.45, 7) is 4.98. The van der Waals surface area contributed by atoms with E-state index in [2.05, 4.69) is 28.0 Å². The third-order valence-corrected chi connectivity index (χ3v) is 4.76. The topological polar surface area (TPSA) is 6.48 Å². The van der Waals surface area contributed by atoms with E-state index in [9.17, 15) is 0 Å². The molecule has 0 aromatic heterocycles. The van der Waals surface area contributed by atoms with Crippen LogP contribution in [0.3, 0.4) is 0 Å². The molecular formula is C16H23ClN2. The fourth-order valence-corrected chi connectivity index (χ4v) is 3.67. The largest absolute Gasteiger partial charge is 0.371 e. The van der Waals surface area contributed by atoms with Crippen LogP contribution in [-0.4, -0.2) is 37.1 Å². The molecule has 0 radical (unpaired) electrons. The predicted molar refractivity (Wildman–Crippen MR) is 82.1 cm³/mol. The minimum atomic E-state index is 0.812. The Balaban J connectivity index is 1.63. The molecule has 0 saturated carbocycles. The molecule has 3 heteroatoms. The Hall–Kier alpha value is -0.730. The van der Waals surface area contributed by atoms with Gasteiger partial charge in [0, 0.05) is 29.8 Å². The SMILES string of the molecule is Clc1cccc(N2CCCC(N3CCCC3)CC2)c1. The highest BCUT2D eigenvalue weighted by Crippen LogP contribution is 2.25. The van der Waals surface area contributed by atoms with Crippen LogP contribution in [0.4, 0.5) is 5.69 Å². The highest BCUT2D eigenvalue weighted by atomic mass is 35.5. The number of hydrogen-bond acceptors (Lipinski definition) is 2. The van der Waals surface area contributed by atoms with Crippen molar-refractivity contribution in [2.45, 2.75) is 38.1 Å². The molecule has 3 rings (SSSR count). The Labute approximate surface area is 121 Å². The van der Waals surface area contributed by atoms with E-state index in [1.54, 1.807) is 0 Å². The van der Waals surface area contributed by atoms with Crippen LogP contribution in [0.25, 0.3) is 0 Å². The van der Waals surface area contributed by atoms with Gasteiger partial charge in [-0.25, -0.2) is 0 Å². The first-order valence-electron chi connectivity index (χ1n) is 7.57. The first kappa shape index (κ1) is 13.3. The van der Waals surface area contributed by atoms with Crippen LogP contribution < -0.4 is 4.90 Å². The molecule has 19 heavy (non-hydrogen) atoms. The van der Waals surface area contributed by atoms with Gasteiger partial charge in [0.15, 0.2) is 0 Å². The summed E-state index contributed by atoms with van der Waals surface area (Å²) < 4.78 is 0. The van der Waals surface area contributed by atoms with E-state index in [0.717, 1.165) is 11.1 Å². The molecule has 0 aliphatic carbocycles. The number of rotatable bonds is 2. The molecule has 1 aromatic rings. The van der Waals surface area contributed by atoms with Gasteiger partial charge in [-0.05, 0) is 63.4 Å². The van der Waals surface area contributed by atoms with Crippen LogP contribution in [0.2, 0.25) is 5.02 Å². The molecule has 1 unspecified atom stereocenters. The average molecular weight is 279 g/mol. The summed E-state index contributed by atoms with van der Waals surface area (Å²) in [4.78, 5) is 5.21. The quantitative estimate of drug-likeness (QED) is 0.812. The van der Waals surface area contributed by atoms with Crippen LogP contribution in [0.15, 0.2) is 24.3 Å². The van der Waals surface area contributed by atoms with Gasteiger partial charge < -0.3 is 9.80 Å². The summed E-state index contributed by atoms with van der Waals surface area (Å²) in [7, 11) is 0. The van der Waals surface area contributed by atoms with Crippen molar-refractivity contribution in [2.24, 2.45) is 0 Å². The molecule has 2 aliphatic rings. The van der Waals surface area contributed by atoms with Gasteiger partial charge in [0.05, 0.1) is 0 Å². The van der Waals surface area contributed by atoms with Gasteiger partial charge in [-0.1, -0.05) is 17.7 Å². The minimum Gasteiger partial charge on any atom is -0.371 e. The lowest BCUT2D eigenvalue weighted by Crippen LogP contribution is -2.33. The number of hydrogen-bond donors (Lipinski definition) is 0. The summed E-state index contributed by atoms with van der Waals surface area (Å²) in [5.74, 6) is 0. The average Bonchev–Trinajstić information content (AvgIpc) is 2.83. The zero-order valence-corrected chi connectivity index (χ0v) is 12.3. The normalized spacial score (nSPS) is 25.5. The van der Waals surface area contributed by atoms with Crippen molar-refractivity contribution in [1.82, 2.24) is 4.90 Å². The first-order valence-corrected chi connectivity index (χ1v) is 7.95. The molecule has 0 N–H and O–H groups in total. The van der Waals surface area contributed by atoms with Gasteiger partial charge in [-0.2, -0.15) is 0 Å². The molecular weight excluding hydrogens is 256 g/mol. The fourth-order valence-electron chi connectivity index (χ4n) is 3.48. The van der Waals surface area contributed by atoms with Crippen molar-refractivity contribution in [3.05, 3.63) is 29.3 Å². The van der Waals surface area contributed by atoms with E-state index in [4.69, 9.17) is 11.6 Å². The summed E-state index contributed by atoms with van der Waals surface area (Å²) in [6, 6.07) is 9.10. The fraction of sp³-hybridized carbons (Fsp3) is 0.625. The van der Waals surface area contributed by atoms with Crippen molar-refractivity contribution in [3.8, 4) is 0 Å². The molecule has 0 bridgehead atoms. The highest BCUT2D eigenvalue weighted by molar-refractivity contribution is 6.30. The van der Waals surface area contributed by atoms with Gasteiger partial charge in [-0.3, -0.25) is 0 Å². The summed E-state index contributed by atoms with van der Waals surface area (Å²) in [5.41, 5.74) is 1.29. The first-order chi connectivity index (χ1) is 9.33. The van der Waals surface area contributed by atoms with Gasteiger partial charge in [0.1, 0.15) is 0 Å². The van der Waals surface area contributed by atoms with Crippen molar-refractivity contribution >= 4 is 17.3 Å². The van der Waals surface area contributed by atoms with Crippen LogP contribution in [-0.2, 0) is 0 Å². The maximum absolute atomic E-state index is 6.10. The van der Waals surface area contributed by atoms with E-state index < -0.39 is 0 Å². The molecule has 0 amide bonds. The summed E-state index contributed by atoms with van der Waals surface area (Å²) in [5, 5.41) is 0.845. The van der Waals surface area contributed by atoms with E-state index in [-0.39, 0.29) is 0 Å². The predicted octanol–water partition coefficient (Wildman–Crippen LogP) is 3.79. The summed E-state index contributed by atoms with van der Waals surface area (Å²) >= 11 is 6.10. The zero-order chi connectivity index (χ0) is 13.1. The number of halogens is 1. The number of nitrogens with zero attached hydrogens (tertiary/aromatic N) is 2. The molecule has 1 aromatic carbocycles. The van der Waals surface area contributed by atoms with Crippen molar-refractivity contribution in [1.29, 1.82) is 0 Å². The van der Waals surface area contributed by atoms with Gasteiger partial charge in [0.25, 0.3) is 0 Å². The lowest BCUT2D eigenvalue weighted by Gasteiger charge is -2.27. The summed E-state index contributed by atoms with van der Waals surface area (Å²) in [6.07, 6.45) is 6.75. The van der Waals surface area contributed by atoms with E-state index in [0.29, 0.717) is 0 Å². The van der Waals surface area contributed by atoms with Gasteiger partial charge >= 0.3 is 0 Å². The van der Waals surface area contributed by atoms with Crippen molar-refractivity contribution in [3.63, 3.8) is 0 Å². The second-order valence-electron chi connectivity index (χ2n) is 5.79.